The van der Waals surface area contributed by atoms with Gasteiger partial charge in [-0.1, -0.05) is 17.7 Å². The molecule has 3 aromatic rings. The molecule has 0 heterocycles. The van der Waals surface area contributed by atoms with Crippen LogP contribution in [0.4, 0.5) is 11.4 Å². The van der Waals surface area contributed by atoms with E-state index in [1.54, 1.807) is 13.0 Å². The number of nitro groups is 1. The van der Waals surface area contributed by atoms with Crippen molar-refractivity contribution in [3.63, 3.8) is 0 Å². The van der Waals surface area contributed by atoms with Crippen molar-refractivity contribution in [2.24, 2.45) is 0 Å². The van der Waals surface area contributed by atoms with Gasteiger partial charge in [-0.25, -0.2) is 0 Å². The Morgan fingerprint density at radius 3 is 2.54 bits per heavy atom. The molecular weight excluding hydrogens is 637 g/mol. The summed E-state index contributed by atoms with van der Waals surface area (Å²) in [6.45, 7) is 1.87. The van der Waals surface area contributed by atoms with Gasteiger partial charge in [0.25, 0.3) is 11.6 Å². The van der Waals surface area contributed by atoms with Gasteiger partial charge in [0, 0.05) is 22.8 Å². The fourth-order valence-corrected chi connectivity index (χ4v) is 4.95. The third kappa shape index (κ3) is 7.19. The quantitative estimate of drug-likeness (QED) is 0.0788. The van der Waals surface area contributed by atoms with Gasteiger partial charge in [-0.2, -0.15) is 13.7 Å². The van der Waals surface area contributed by atoms with Gasteiger partial charge in [0.15, 0.2) is 11.5 Å². The van der Waals surface area contributed by atoms with Crippen LogP contribution in [0.2, 0.25) is 5.02 Å². The van der Waals surface area contributed by atoms with Crippen LogP contribution in [0.15, 0.2) is 71.1 Å². The summed E-state index contributed by atoms with van der Waals surface area (Å²) >= 11 is 7.68. The molecule has 0 fully saturated rings. The molecule has 3 rings (SSSR count). The largest absolute Gasteiger partial charge is 0.490 e. The third-order valence-electron chi connectivity index (χ3n) is 4.62. The molecule has 1 N–H and O–H groups in total. The number of benzene rings is 3. The van der Waals surface area contributed by atoms with Crippen LogP contribution in [-0.4, -0.2) is 25.9 Å². The van der Waals surface area contributed by atoms with Crippen molar-refractivity contribution >= 4 is 67.7 Å². The number of carbonyl (C=O) groups excluding carboxylic acids is 1. The van der Waals surface area contributed by atoms with Gasteiger partial charge in [0.2, 0.25) is 0 Å². The number of non-ortho nitro benzene ring substituents is 1. The number of rotatable bonds is 9. The number of amides is 1. The highest BCUT2D eigenvalue weighted by Gasteiger charge is 2.22. The summed E-state index contributed by atoms with van der Waals surface area (Å²) in [5.74, 6) is -0.773. The van der Waals surface area contributed by atoms with E-state index >= 15 is 0 Å². The number of nitriles is 1. The van der Waals surface area contributed by atoms with Crippen LogP contribution in [0.25, 0.3) is 6.08 Å². The van der Waals surface area contributed by atoms with Crippen molar-refractivity contribution in [2.75, 3.05) is 11.9 Å². The number of nitro benzene ring substituents is 1. The lowest BCUT2D eigenvalue weighted by Gasteiger charge is -2.15. The monoisotopic (exact) mass is 653 g/mol. The minimum Gasteiger partial charge on any atom is -0.490 e. The molecule has 0 unspecified atom stereocenters. The first-order chi connectivity index (χ1) is 17.5. The first-order valence-electron chi connectivity index (χ1n) is 10.4. The second kappa shape index (κ2) is 12.0. The Bertz CT molecular complexity index is 1530. The lowest BCUT2D eigenvalue weighted by atomic mass is 10.1. The van der Waals surface area contributed by atoms with Crippen molar-refractivity contribution in [2.45, 2.75) is 11.8 Å². The normalized spacial score (nSPS) is 11.4. The molecule has 0 atom stereocenters. The van der Waals surface area contributed by atoms with Gasteiger partial charge in [0.1, 0.15) is 16.5 Å². The second-order valence-corrected chi connectivity index (χ2v) is 10.3. The Morgan fingerprint density at radius 2 is 1.92 bits per heavy atom. The SMILES string of the molecule is CCOc1cc(/C=C(\C#N)C(=O)Nc2cccc([N+](=O)[O-])c2)cc(I)c1OS(=O)(=O)c1ccc(Cl)cc1. The molecule has 0 saturated heterocycles. The first-order valence-corrected chi connectivity index (χ1v) is 13.2. The molecule has 0 aliphatic heterocycles. The van der Waals surface area contributed by atoms with E-state index in [9.17, 15) is 28.6 Å². The molecule has 0 saturated carbocycles. The molecule has 0 spiro atoms. The summed E-state index contributed by atoms with van der Waals surface area (Å²) in [7, 11) is -4.21. The Kier molecular flexibility index (Phi) is 9.09. The Morgan fingerprint density at radius 1 is 1.22 bits per heavy atom. The van der Waals surface area contributed by atoms with Crippen molar-refractivity contribution in [1.29, 1.82) is 5.26 Å². The van der Waals surface area contributed by atoms with Crippen LogP contribution in [0.1, 0.15) is 12.5 Å². The fraction of sp³-hybridized carbons (Fsp3) is 0.0833. The standard InChI is InChI=1S/C24H17ClIN3O7S/c1-2-35-22-12-15(10-16(14-27)24(30)28-18-4-3-5-19(13-18)29(31)32)11-21(26)23(22)36-37(33,34)20-8-6-17(25)7-9-20/h3-13H,2H2,1H3,(H,28,30)/b16-10+. The second-order valence-electron chi connectivity index (χ2n) is 7.19. The number of hydrogen-bond donors (Lipinski definition) is 1. The summed E-state index contributed by atoms with van der Waals surface area (Å²) in [4.78, 5) is 22.9. The molecule has 37 heavy (non-hydrogen) atoms. The van der Waals surface area contributed by atoms with Crippen molar-refractivity contribution < 1.29 is 27.1 Å². The highest BCUT2D eigenvalue weighted by molar-refractivity contribution is 14.1. The average molecular weight is 654 g/mol. The average Bonchev–Trinajstić information content (AvgIpc) is 2.85. The lowest BCUT2D eigenvalue weighted by molar-refractivity contribution is -0.384. The zero-order chi connectivity index (χ0) is 27.2. The molecule has 3 aromatic carbocycles. The number of hydrogen-bond acceptors (Lipinski definition) is 8. The van der Waals surface area contributed by atoms with Crippen LogP contribution < -0.4 is 14.2 Å². The van der Waals surface area contributed by atoms with Crippen LogP contribution >= 0.6 is 34.2 Å². The number of ether oxygens (including phenoxy) is 1. The highest BCUT2D eigenvalue weighted by Crippen LogP contribution is 2.37. The number of halogens is 2. The summed E-state index contributed by atoms with van der Waals surface area (Å²) < 4.78 is 36.8. The van der Waals surface area contributed by atoms with E-state index in [1.807, 2.05) is 22.6 Å². The van der Waals surface area contributed by atoms with Crippen molar-refractivity contribution in [1.82, 2.24) is 0 Å². The highest BCUT2D eigenvalue weighted by atomic mass is 127. The zero-order valence-corrected chi connectivity index (χ0v) is 22.7. The molecular formula is C24H17ClIN3O7S. The minimum atomic E-state index is -4.21. The van der Waals surface area contributed by atoms with E-state index in [-0.39, 0.29) is 39.9 Å². The van der Waals surface area contributed by atoms with Crippen LogP contribution in [0.5, 0.6) is 11.5 Å². The maximum absolute atomic E-state index is 12.8. The summed E-state index contributed by atoms with van der Waals surface area (Å²) in [5.41, 5.74) is -0.0246. The number of nitrogens with one attached hydrogen (secondary N) is 1. The summed E-state index contributed by atoms with van der Waals surface area (Å²) in [6, 6.07) is 15.5. The van der Waals surface area contributed by atoms with E-state index in [1.165, 1.54) is 60.7 Å². The van der Waals surface area contributed by atoms with Gasteiger partial charge in [0.05, 0.1) is 15.1 Å². The molecule has 0 aromatic heterocycles. The van der Waals surface area contributed by atoms with Crippen molar-refractivity contribution in [3.8, 4) is 17.6 Å². The molecule has 190 valence electrons. The summed E-state index contributed by atoms with van der Waals surface area (Å²) in [5, 5.41) is 23.3. The molecule has 1 amide bonds. The van der Waals surface area contributed by atoms with Crippen LogP contribution in [0.3, 0.4) is 0 Å². The maximum atomic E-state index is 12.8. The van der Waals surface area contributed by atoms with E-state index in [0.717, 1.165) is 6.07 Å². The molecule has 13 heteroatoms. The molecule has 10 nitrogen and oxygen atoms in total. The van der Waals surface area contributed by atoms with Gasteiger partial charge < -0.3 is 14.2 Å². The Labute approximate surface area is 230 Å². The molecule has 0 aliphatic rings. The van der Waals surface area contributed by atoms with E-state index in [0.29, 0.717) is 14.2 Å². The molecule has 0 bridgehead atoms. The Hall–Kier alpha value is -3.67. The molecule has 0 radical (unpaired) electrons. The lowest BCUT2D eigenvalue weighted by Crippen LogP contribution is -2.13. The fourth-order valence-electron chi connectivity index (χ4n) is 2.99. The van der Waals surface area contributed by atoms with Gasteiger partial charge >= 0.3 is 10.1 Å². The zero-order valence-electron chi connectivity index (χ0n) is 19.0. The van der Waals surface area contributed by atoms with Gasteiger partial charge in [-0.05, 0) is 83.6 Å². The van der Waals surface area contributed by atoms with Crippen LogP contribution in [-0.2, 0) is 14.9 Å². The van der Waals surface area contributed by atoms with Gasteiger partial charge in [-0.15, -0.1) is 0 Å². The summed E-state index contributed by atoms with van der Waals surface area (Å²) in [6.07, 6.45) is 1.27. The first kappa shape index (κ1) is 27.9. The van der Waals surface area contributed by atoms with E-state index in [2.05, 4.69) is 5.32 Å². The number of anilines is 1. The third-order valence-corrected chi connectivity index (χ3v) is 6.91. The maximum Gasteiger partial charge on any atom is 0.339 e. The predicted octanol–water partition coefficient (Wildman–Crippen LogP) is 5.56. The van der Waals surface area contributed by atoms with Crippen molar-refractivity contribution in [3.05, 3.63) is 90.5 Å². The number of carbonyl (C=O) groups is 1. The minimum absolute atomic E-state index is 0.0610. The Balaban J connectivity index is 1.93. The molecule has 0 aliphatic carbocycles. The van der Waals surface area contributed by atoms with Gasteiger partial charge in [-0.3, -0.25) is 14.9 Å². The number of nitrogens with zero attached hydrogens (tertiary/aromatic N) is 2. The van der Waals surface area contributed by atoms with E-state index < -0.39 is 20.9 Å². The van der Waals surface area contributed by atoms with Crippen LogP contribution in [0, 0.1) is 25.0 Å². The smallest absolute Gasteiger partial charge is 0.339 e. The predicted molar refractivity (Wildman–Crippen MR) is 145 cm³/mol. The van der Waals surface area contributed by atoms with E-state index in [4.69, 9.17) is 20.5 Å². The topological polar surface area (TPSA) is 149 Å².